The van der Waals surface area contributed by atoms with E-state index in [4.69, 9.17) is 5.73 Å². The zero-order valence-corrected chi connectivity index (χ0v) is 12.3. The number of nitro groups is 1. The van der Waals surface area contributed by atoms with Crippen LogP contribution >= 0.6 is 0 Å². The summed E-state index contributed by atoms with van der Waals surface area (Å²) in [6.45, 7) is 7.32. The number of carbonyl (C=O) groups excluding carboxylic acids is 1. The quantitative estimate of drug-likeness (QED) is 0.639. The van der Waals surface area contributed by atoms with Crippen molar-refractivity contribution < 1.29 is 9.72 Å². The molecule has 1 rings (SSSR count). The van der Waals surface area contributed by atoms with Gasteiger partial charge in [0.15, 0.2) is 0 Å². The fourth-order valence-corrected chi connectivity index (χ4v) is 1.90. The molecule has 6 heteroatoms. The van der Waals surface area contributed by atoms with E-state index in [1.807, 2.05) is 13.8 Å². The maximum absolute atomic E-state index is 12.0. The zero-order valence-electron chi connectivity index (χ0n) is 12.3. The highest BCUT2D eigenvalue weighted by molar-refractivity contribution is 5.95. The van der Waals surface area contributed by atoms with Gasteiger partial charge < -0.3 is 11.1 Å². The van der Waals surface area contributed by atoms with Crippen molar-refractivity contribution in [1.29, 1.82) is 0 Å². The van der Waals surface area contributed by atoms with Crippen LogP contribution in [0.4, 0.5) is 11.4 Å². The van der Waals surface area contributed by atoms with Gasteiger partial charge in [0, 0.05) is 11.6 Å². The van der Waals surface area contributed by atoms with Crippen LogP contribution in [0.1, 0.15) is 31.4 Å². The van der Waals surface area contributed by atoms with E-state index in [0.29, 0.717) is 11.3 Å². The number of hydrogen-bond acceptors (Lipinski definition) is 4. The summed E-state index contributed by atoms with van der Waals surface area (Å²) in [4.78, 5) is 22.5. The first kappa shape index (κ1) is 16.1. The first-order chi connectivity index (χ1) is 9.27. The maximum Gasteiger partial charge on any atom is 0.274 e. The second kappa shape index (κ2) is 6.47. The largest absolute Gasteiger partial charge is 0.324 e. The van der Waals surface area contributed by atoms with Crippen molar-refractivity contribution in [2.24, 2.45) is 11.7 Å². The Morgan fingerprint density at radius 1 is 1.40 bits per heavy atom. The number of rotatable bonds is 5. The molecule has 2 atom stereocenters. The Morgan fingerprint density at radius 2 is 2.00 bits per heavy atom. The Kier molecular flexibility index (Phi) is 5.21. The van der Waals surface area contributed by atoms with Crippen LogP contribution in [0.2, 0.25) is 0 Å². The van der Waals surface area contributed by atoms with Crippen molar-refractivity contribution in [1.82, 2.24) is 0 Å². The topological polar surface area (TPSA) is 98.3 Å². The molecule has 1 amide bonds. The summed E-state index contributed by atoms with van der Waals surface area (Å²) in [7, 11) is 0. The molecule has 0 saturated heterocycles. The van der Waals surface area contributed by atoms with Crippen molar-refractivity contribution in [3.63, 3.8) is 0 Å². The summed E-state index contributed by atoms with van der Waals surface area (Å²) in [5.41, 5.74) is 7.62. The monoisotopic (exact) mass is 279 g/mol. The maximum atomic E-state index is 12.0. The highest BCUT2D eigenvalue weighted by Crippen LogP contribution is 2.26. The summed E-state index contributed by atoms with van der Waals surface area (Å²) >= 11 is 0. The van der Waals surface area contributed by atoms with E-state index in [0.717, 1.165) is 12.0 Å². The molecule has 0 aliphatic carbocycles. The van der Waals surface area contributed by atoms with Crippen LogP contribution in [-0.2, 0) is 4.79 Å². The van der Waals surface area contributed by atoms with Crippen LogP contribution in [0.5, 0.6) is 0 Å². The molecule has 0 aromatic heterocycles. The molecule has 0 bridgehead atoms. The normalized spacial score (nSPS) is 13.7. The summed E-state index contributed by atoms with van der Waals surface area (Å²) in [5.74, 6) is -0.267. The van der Waals surface area contributed by atoms with E-state index >= 15 is 0 Å². The van der Waals surface area contributed by atoms with Crippen LogP contribution < -0.4 is 11.1 Å². The van der Waals surface area contributed by atoms with Gasteiger partial charge >= 0.3 is 0 Å². The predicted octanol–water partition coefficient (Wildman–Crippen LogP) is 2.52. The first-order valence-electron chi connectivity index (χ1n) is 6.60. The lowest BCUT2D eigenvalue weighted by atomic mass is 9.99. The van der Waals surface area contributed by atoms with Gasteiger partial charge in [0.2, 0.25) is 5.91 Å². The van der Waals surface area contributed by atoms with Gasteiger partial charge in [-0.2, -0.15) is 0 Å². The smallest absolute Gasteiger partial charge is 0.274 e. The number of nitrogens with one attached hydrogen (secondary N) is 1. The van der Waals surface area contributed by atoms with Gasteiger partial charge in [0.25, 0.3) is 5.69 Å². The fourth-order valence-electron chi connectivity index (χ4n) is 1.90. The predicted molar refractivity (Wildman–Crippen MR) is 78.6 cm³/mol. The molecule has 0 fully saturated rings. The molecule has 0 spiro atoms. The fraction of sp³-hybridized carbons (Fsp3) is 0.500. The van der Waals surface area contributed by atoms with Crippen molar-refractivity contribution in [2.75, 3.05) is 5.32 Å². The SMILES string of the molecule is CC[C@H](C)[C@H](N)C(=O)Nc1cc([N+](=O)[O-])c(C)cc1C. The van der Waals surface area contributed by atoms with Gasteiger partial charge in [-0.05, 0) is 31.4 Å². The van der Waals surface area contributed by atoms with Crippen LogP contribution in [0.15, 0.2) is 12.1 Å². The molecule has 3 N–H and O–H groups in total. The Morgan fingerprint density at radius 3 is 2.50 bits per heavy atom. The summed E-state index contributed by atoms with van der Waals surface area (Å²) in [6.07, 6.45) is 0.793. The Hall–Kier alpha value is -1.95. The molecule has 0 aliphatic rings. The molecule has 110 valence electrons. The van der Waals surface area contributed by atoms with E-state index in [9.17, 15) is 14.9 Å². The van der Waals surface area contributed by atoms with Crippen LogP contribution in [0.25, 0.3) is 0 Å². The minimum atomic E-state index is -0.625. The molecular formula is C14H21N3O3. The van der Waals surface area contributed by atoms with Crippen LogP contribution in [0.3, 0.4) is 0 Å². The average Bonchev–Trinajstić information content (AvgIpc) is 2.39. The lowest BCUT2D eigenvalue weighted by molar-refractivity contribution is -0.385. The van der Waals surface area contributed by atoms with Crippen molar-refractivity contribution >= 4 is 17.3 Å². The summed E-state index contributed by atoms with van der Waals surface area (Å²) in [6, 6.07) is 2.44. The number of nitrogens with two attached hydrogens (primary N) is 1. The number of nitro benzene ring substituents is 1. The minimum Gasteiger partial charge on any atom is -0.324 e. The molecule has 0 saturated carbocycles. The first-order valence-corrected chi connectivity index (χ1v) is 6.60. The van der Waals surface area contributed by atoms with E-state index in [2.05, 4.69) is 5.32 Å². The summed E-state index contributed by atoms with van der Waals surface area (Å²) in [5, 5.41) is 13.6. The molecule has 1 aromatic rings. The number of carbonyl (C=O) groups is 1. The third-order valence-corrected chi connectivity index (χ3v) is 3.56. The van der Waals surface area contributed by atoms with Gasteiger partial charge in [0.05, 0.1) is 16.7 Å². The third kappa shape index (κ3) is 3.54. The minimum absolute atomic E-state index is 0.0111. The van der Waals surface area contributed by atoms with E-state index in [1.54, 1.807) is 19.9 Å². The van der Waals surface area contributed by atoms with E-state index in [-0.39, 0.29) is 17.5 Å². The second-order valence-electron chi connectivity index (χ2n) is 5.11. The molecule has 6 nitrogen and oxygen atoms in total. The molecule has 0 heterocycles. The molecule has 0 unspecified atom stereocenters. The Bertz CT molecular complexity index is 529. The van der Waals surface area contributed by atoms with Crippen molar-refractivity contribution in [2.45, 2.75) is 40.2 Å². The van der Waals surface area contributed by atoms with E-state index in [1.165, 1.54) is 6.07 Å². The van der Waals surface area contributed by atoms with Gasteiger partial charge in [0.1, 0.15) is 0 Å². The highest BCUT2D eigenvalue weighted by Gasteiger charge is 2.21. The van der Waals surface area contributed by atoms with Gasteiger partial charge in [-0.3, -0.25) is 14.9 Å². The molecule has 20 heavy (non-hydrogen) atoms. The van der Waals surface area contributed by atoms with Gasteiger partial charge in [-0.1, -0.05) is 20.3 Å². The van der Waals surface area contributed by atoms with Crippen LogP contribution in [0, 0.1) is 29.9 Å². The standard InChI is InChI=1S/C14H21N3O3/c1-5-8(2)13(15)14(18)16-11-7-12(17(19)20)10(4)6-9(11)3/h6-8,13H,5,15H2,1-4H3,(H,16,18)/t8-,13-/m0/s1. The van der Waals surface area contributed by atoms with E-state index < -0.39 is 11.0 Å². The van der Waals surface area contributed by atoms with Gasteiger partial charge in [-0.15, -0.1) is 0 Å². The zero-order chi connectivity index (χ0) is 15.4. The molecular weight excluding hydrogens is 258 g/mol. The number of nitrogens with zero attached hydrogens (tertiary/aromatic N) is 1. The lowest BCUT2D eigenvalue weighted by Gasteiger charge is -2.18. The Balaban J connectivity index is 3.01. The number of benzene rings is 1. The average molecular weight is 279 g/mol. The number of anilines is 1. The highest BCUT2D eigenvalue weighted by atomic mass is 16.6. The lowest BCUT2D eigenvalue weighted by Crippen LogP contribution is -2.40. The second-order valence-corrected chi connectivity index (χ2v) is 5.11. The molecule has 1 aromatic carbocycles. The molecule has 0 radical (unpaired) electrons. The molecule has 0 aliphatic heterocycles. The number of aryl methyl sites for hydroxylation is 2. The Labute approximate surface area is 118 Å². The van der Waals surface area contributed by atoms with Gasteiger partial charge in [-0.25, -0.2) is 0 Å². The summed E-state index contributed by atoms with van der Waals surface area (Å²) < 4.78 is 0. The number of hydrogen-bond donors (Lipinski definition) is 2. The van der Waals surface area contributed by atoms with Crippen molar-refractivity contribution in [3.8, 4) is 0 Å². The third-order valence-electron chi connectivity index (χ3n) is 3.56. The van der Waals surface area contributed by atoms with Crippen LogP contribution in [-0.4, -0.2) is 16.9 Å². The number of amides is 1. The van der Waals surface area contributed by atoms with Crippen molar-refractivity contribution in [3.05, 3.63) is 33.4 Å².